The van der Waals surface area contributed by atoms with Crippen LogP contribution < -0.4 is 0 Å². The Morgan fingerprint density at radius 1 is 1.43 bits per heavy atom. The lowest BCUT2D eigenvalue weighted by atomic mass is 9.96. The molecule has 2 aliphatic carbocycles. The first-order valence-electron chi connectivity index (χ1n) is 8.78. The third kappa shape index (κ3) is 2.94. The van der Waals surface area contributed by atoms with Crippen LogP contribution in [-0.4, -0.2) is 40.8 Å². The van der Waals surface area contributed by atoms with Gasteiger partial charge in [-0.25, -0.2) is 0 Å². The summed E-state index contributed by atoms with van der Waals surface area (Å²) in [4.78, 5) is 14.7. The molecule has 2 heterocycles. The van der Waals surface area contributed by atoms with Gasteiger partial charge in [0.25, 0.3) is 0 Å². The van der Waals surface area contributed by atoms with Crippen molar-refractivity contribution in [1.82, 2.24) is 14.7 Å². The van der Waals surface area contributed by atoms with Crippen LogP contribution in [0.5, 0.6) is 0 Å². The van der Waals surface area contributed by atoms with Crippen molar-refractivity contribution in [3.05, 3.63) is 29.1 Å². The second-order valence-electron chi connectivity index (χ2n) is 7.14. The standard InChI is InChI=1S/C18H25N3O2/c1-23-12-16-11-20(18(22)14-4-2-3-5-14)10-15-8-19-21(17(15)16)9-13-6-7-13/h4,8,13,16H,2-3,5-7,9-12H2,1H3/t16-/m1/s1. The minimum atomic E-state index is 0.212. The first-order valence-corrected chi connectivity index (χ1v) is 8.78. The number of allylic oxidation sites excluding steroid dienone is 1. The number of fused-ring (bicyclic) bond motifs is 1. The molecule has 0 spiro atoms. The van der Waals surface area contributed by atoms with Gasteiger partial charge in [0.15, 0.2) is 0 Å². The molecule has 1 saturated carbocycles. The number of ether oxygens (including phenoxy) is 1. The lowest BCUT2D eigenvalue weighted by Gasteiger charge is -2.33. The summed E-state index contributed by atoms with van der Waals surface area (Å²) in [7, 11) is 1.74. The molecule has 1 atom stereocenters. The lowest BCUT2D eigenvalue weighted by molar-refractivity contribution is -0.128. The van der Waals surface area contributed by atoms with Gasteiger partial charge in [0.1, 0.15) is 0 Å². The van der Waals surface area contributed by atoms with E-state index in [2.05, 4.69) is 15.9 Å². The zero-order valence-corrected chi connectivity index (χ0v) is 13.8. The van der Waals surface area contributed by atoms with Gasteiger partial charge in [-0.05, 0) is 38.0 Å². The number of carbonyl (C=O) groups excluding carboxylic acids is 1. The van der Waals surface area contributed by atoms with E-state index < -0.39 is 0 Å². The van der Waals surface area contributed by atoms with Gasteiger partial charge in [-0.15, -0.1) is 0 Å². The summed E-state index contributed by atoms with van der Waals surface area (Å²) < 4.78 is 7.62. The quantitative estimate of drug-likeness (QED) is 0.838. The van der Waals surface area contributed by atoms with Gasteiger partial charge < -0.3 is 9.64 Å². The largest absolute Gasteiger partial charge is 0.384 e. The first kappa shape index (κ1) is 14.9. The number of carbonyl (C=O) groups is 1. The molecular formula is C18H25N3O2. The second-order valence-corrected chi connectivity index (χ2v) is 7.14. The number of nitrogens with zero attached hydrogens (tertiary/aromatic N) is 3. The molecule has 4 rings (SSSR count). The summed E-state index contributed by atoms with van der Waals surface area (Å²) in [5.74, 6) is 1.24. The fraction of sp³-hybridized carbons (Fsp3) is 0.667. The monoisotopic (exact) mass is 315 g/mol. The Labute approximate surface area is 137 Å². The van der Waals surface area contributed by atoms with E-state index in [1.54, 1.807) is 7.11 Å². The maximum Gasteiger partial charge on any atom is 0.249 e. The molecule has 1 aromatic heterocycles. The minimum absolute atomic E-state index is 0.212. The molecule has 23 heavy (non-hydrogen) atoms. The van der Waals surface area contributed by atoms with E-state index in [1.165, 1.54) is 24.1 Å². The topological polar surface area (TPSA) is 47.4 Å². The summed E-state index contributed by atoms with van der Waals surface area (Å²) in [6, 6.07) is 0. The molecule has 1 amide bonds. The van der Waals surface area contributed by atoms with Crippen LogP contribution in [0.3, 0.4) is 0 Å². The average molecular weight is 315 g/mol. The molecule has 1 aromatic rings. The fourth-order valence-corrected chi connectivity index (χ4v) is 3.90. The predicted octanol–water partition coefficient (Wildman–Crippen LogP) is 2.48. The van der Waals surface area contributed by atoms with Crippen LogP contribution in [0, 0.1) is 5.92 Å². The van der Waals surface area contributed by atoms with Gasteiger partial charge in [0.2, 0.25) is 5.91 Å². The Morgan fingerprint density at radius 2 is 2.30 bits per heavy atom. The third-order valence-corrected chi connectivity index (χ3v) is 5.25. The molecule has 0 radical (unpaired) electrons. The molecule has 0 aromatic carbocycles. The molecule has 5 heteroatoms. The molecule has 0 saturated heterocycles. The molecule has 124 valence electrons. The summed E-state index contributed by atoms with van der Waals surface area (Å²) in [5, 5.41) is 4.61. The van der Waals surface area contributed by atoms with E-state index in [1.807, 2.05) is 11.1 Å². The maximum atomic E-state index is 12.7. The van der Waals surface area contributed by atoms with Gasteiger partial charge in [-0.1, -0.05) is 6.08 Å². The Balaban J connectivity index is 1.57. The van der Waals surface area contributed by atoms with Crippen molar-refractivity contribution in [1.29, 1.82) is 0 Å². The van der Waals surface area contributed by atoms with Gasteiger partial charge in [0, 0.05) is 43.8 Å². The molecule has 0 N–H and O–H groups in total. The summed E-state index contributed by atoms with van der Waals surface area (Å²) in [5.41, 5.74) is 3.49. The number of hydrogen-bond acceptors (Lipinski definition) is 3. The maximum absolute atomic E-state index is 12.7. The van der Waals surface area contributed by atoms with E-state index in [4.69, 9.17) is 4.74 Å². The molecule has 0 unspecified atom stereocenters. The summed E-state index contributed by atoms with van der Waals surface area (Å²) in [6.07, 6.45) is 9.80. The van der Waals surface area contributed by atoms with Crippen molar-refractivity contribution in [2.45, 2.75) is 51.1 Å². The van der Waals surface area contributed by atoms with Crippen molar-refractivity contribution >= 4 is 5.91 Å². The van der Waals surface area contributed by atoms with Crippen LogP contribution in [0.25, 0.3) is 0 Å². The van der Waals surface area contributed by atoms with E-state index in [9.17, 15) is 4.79 Å². The molecule has 1 aliphatic heterocycles. The predicted molar refractivity (Wildman–Crippen MR) is 86.9 cm³/mol. The van der Waals surface area contributed by atoms with E-state index in [0.717, 1.165) is 43.8 Å². The molecule has 3 aliphatic rings. The van der Waals surface area contributed by atoms with Crippen molar-refractivity contribution in [2.75, 3.05) is 20.3 Å². The molecular weight excluding hydrogens is 290 g/mol. The van der Waals surface area contributed by atoms with Crippen molar-refractivity contribution in [3.63, 3.8) is 0 Å². The first-order chi connectivity index (χ1) is 11.3. The van der Waals surface area contributed by atoms with Crippen LogP contribution >= 0.6 is 0 Å². The Kier molecular flexibility index (Phi) is 3.97. The van der Waals surface area contributed by atoms with E-state index >= 15 is 0 Å². The zero-order chi connectivity index (χ0) is 15.8. The van der Waals surface area contributed by atoms with Crippen molar-refractivity contribution in [3.8, 4) is 0 Å². The fourth-order valence-electron chi connectivity index (χ4n) is 3.90. The highest BCUT2D eigenvalue weighted by atomic mass is 16.5. The average Bonchev–Trinajstić information content (AvgIpc) is 3.04. The highest BCUT2D eigenvalue weighted by Gasteiger charge is 2.34. The van der Waals surface area contributed by atoms with Crippen LogP contribution in [0.2, 0.25) is 0 Å². The second kappa shape index (κ2) is 6.11. The minimum Gasteiger partial charge on any atom is -0.384 e. The summed E-state index contributed by atoms with van der Waals surface area (Å²) in [6.45, 7) is 3.10. The number of amides is 1. The third-order valence-electron chi connectivity index (χ3n) is 5.25. The number of rotatable bonds is 5. The highest BCUT2D eigenvalue weighted by Crippen LogP contribution is 2.35. The van der Waals surface area contributed by atoms with Gasteiger partial charge in [-0.3, -0.25) is 9.48 Å². The highest BCUT2D eigenvalue weighted by molar-refractivity contribution is 5.94. The number of hydrogen-bond donors (Lipinski definition) is 0. The Hall–Kier alpha value is -1.62. The molecule has 5 nitrogen and oxygen atoms in total. The Morgan fingerprint density at radius 3 is 3.00 bits per heavy atom. The smallest absolute Gasteiger partial charge is 0.249 e. The van der Waals surface area contributed by atoms with Crippen LogP contribution in [0.15, 0.2) is 17.8 Å². The van der Waals surface area contributed by atoms with Crippen LogP contribution in [-0.2, 0) is 22.6 Å². The zero-order valence-electron chi connectivity index (χ0n) is 13.8. The number of methoxy groups -OCH3 is 1. The van der Waals surface area contributed by atoms with Crippen LogP contribution in [0.1, 0.15) is 49.3 Å². The van der Waals surface area contributed by atoms with E-state index in [-0.39, 0.29) is 11.8 Å². The molecule has 1 fully saturated rings. The summed E-state index contributed by atoms with van der Waals surface area (Å²) >= 11 is 0. The van der Waals surface area contributed by atoms with Gasteiger partial charge >= 0.3 is 0 Å². The van der Waals surface area contributed by atoms with Crippen LogP contribution in [0.4, 0.5) is 0 Å². The van der Waals surface area contributed by atoms with Crippen molar-refractivity contribution < 1.29 is 9.53 Å². The Bertz CT molecular complexity index is 630. The van der Waals surface area contributed by atoms with Crippen molar-refractivity contribution in [2.24, 2.45) is 5.92 Å². The molecule has 0 bridgehead atoms. The van der Waals surface area contributed by atoms with Gasteiger partial charge in [0.05, 0.1) is 18.5 Å². The normalized spacial score (nSPS) is 23.8. The van der Waals surface area contributed by atoms with Gasteiger partial charge in [-0.2, -0.15) is 5.10 Å². The number of aromatic nitrogens is 2. The van der Waals surface area contributed by atoms with E-state index in [0.29, 0.717) is 13.2 Å². The lowest BCUT2D eigenvalue weighted by Crippen LogP contribution is -2.40. The SMILES string of the molecule is COC[C@H]1CN(C(=O)C2=CCCC2)Cc2cnn(CC3CC3)c21.